The molecule has 1 aromatic heterocycles. The van der Waals surface area contributed by atoms with E-state index in [-0.39, 0.29) is 17.6 Å². The van der Waals surface area contributed by atoms with Crippen molar-refractivity contribution in [3.8, 4) is 0 Å². The van der Waals surface area contributed by atoms with E-state index in [1.54, 1.807) is 42.5 Å². The molecule has 0 saturated heterocycles. The van der Waals surface area contributed by atoms with E-state index in [0.29, 0.717) is 21.2 Å². The van der Waals surface area contributed by atoms with Crippen molar-refractivity contribution in [2.45, 2.75) is 4.34 Å². The van der Waals surface area contributed by atoms with Gasteiger partial charge in [-0.3, -0.25) is 14.4 Å². The summed E-state index contributed by atoms with van der Waals surface area (Å²) in [6, 6.07) is 12.0. The van der Waals surface area contributed by atoms with Gasteiger partial charge in [0, 0.05) is 0 Å². The van der Waals surface area contributed by atoms with Gasteiger partial charge in [-0.15, -0.1) is 11.3 Å². The minimum atomic E-state index is -0.407. The summed E-state index contributed by atoms with van der Waals surface area (Å²) in [5.41, 5.74) is 7.23. The summed E-state index contributed by atoms with van der Waals surface area (Å²) < 4.78 is 1.55. The lowest BCUT2D eigenvalue weighted by Gasteiger charge is -2.13. The number of carbonyl (C=O) groups excluding carboxylic acids is 3. The summed E-state index contributed by atoms with van der Waals surface area (Å²) in [4.78, 5) is 41.6. The Balaban J connectivity index is 1.69. The van der Waals surface area contributed by atoms with Crippen LogP contribution in [0.4, 0.5) is 5.69 Å². The summed E-state index contributed by atoms with van der Waals surface area (Å²) in [6.45, 7) is 0. The summed E-state index contributed by atoms with van der Waals surface area (Å²) in [5.74, 6) is -0.901. The van der Waals surface area contributed by atoms with Gasteiger partial charge in [-0.2, -0.15) is 0 Å². The Hall–Kier alpha value is -2.71. The van der Waals surface area contributed by atoms with Crippen molar-refractivity contribution in [1.82, 2.24) is 4.98 Å². The van der Waals surface area contributed by atoms with E-state index in [9.17, 15) is 14.4 Å². The Morgan fingerprint density at radius 1 is 1.12 bits per heavy atom. The number of thiazole rings is 1. The van der Waals surface area contributed by atoms with Crippen LogP contribution in [0.15, 0.2) is 46.8 Å². The highest BCUT2D eigenvalue weighted by Crippen LogP contribution is 2.34. The summed E-state index contributed by atoms with van der Waals surface area (Å²) in [7, 11) is 0. The van der Waals surface area contributed by atoms with Gasteiger partial charge in [0.1, 0.15) is 0 Å². The zero-order valence-corrected chi connectivity index (χ0v) is 14.4. The summed E-state index contributed by atoms with van der Waals surface area (Å²) in [5, 5.41) is 0. The van der Waals surface area contributed by atoms with Crippen LogP contribution in [0.1, 0.15) is 20.7 Å². The van der Waals surface area contributed by atoms with E-state index in [4.69, 9.17) is 5.73 Å². The van der Waals surface area contributed by atoms with Crippen molar-refractivity contribution < 1.29 is 14.4 Å². The van der Waals surface area contributed by atoms with Gasteiger partial charge in [0.05, 0.1) is 32.8 Å². The van der Waals surface area contributed by atoms with Crippen molar-refractivity contribution in [3.05, 3.63) is 53.6 Å². The van der Waals surface area contributed by atoms with Crippen LogP contribution in [-0.2, 0) is 4.79 Å². The molecule has 0 aliphatic carbocycles. The number of carbonyl (C=O) groups is 3. The van der Waals surface area contributed by atoms with Crippen LogP contribution in [0, 0.1) is 0 Å². The van der Waals surface area contributed by atoms with Crippen LogP contribution in [0.5, 0.6) is 0 Å². The highest BCUT2D eigenvalue weighted by molar-refractivity contribution is 8.01. The Morgan fingerprint density at radius 2 is 1.80 bits per heavy atom. The maximum Gasteiger partial charge on any atom is 0.266 e. The average molecular weight is 369 g/mol. The molecule has 25 heavy (non-hydrogen) atoms. The zero-order chi connectivity index (χ0) is 17.6. The molecule has 1 aliphatic rings. The topological polar surface area (TPSA) is 93.4 Å². The highest BCUT2D eigenvalue weighted by Gasteiger charge is 2.36. The fraction of sp³-hybridized carbons (Fsp3) is 0.0588. The molecule has 3 aromatic rings. The van der Waals surface area contributed by atoms with E-state index in [1.165, 1.54) is 28.0 Å². The Morgan fingerprint density at radius 3 is 2.44 bits per heavy atom. The van der Waals surface area contributed by atoms with Crippen molar-refractivity contribution in [2.24, 2.45) is 5.73 Å². The van der Waals surface area contributed by atoms with Crippen LogP contribution < -0.4 is 10.6 Å². The molecule has 8 heteroatoms. The second-order valence-corrected chi connectivity index (χ2v) is 7.63. The molecular formula is C17H11N3O3S2. The number of nitrogens with two attached hydrogens (primary N) is 1. The molecule has 2 heterocycles. The molecule has 6 nitrogen and oxygen atoms in total. The maximum atomic E-state index is 12.6. The number of imide groups is 1. The second kappa shape index (κ2) is 5.98. The molecule has 0 fully saturated rings. The van der Waals surface area contributed by atoms with Gasteiger partial charge in [-0.25, -0.2) is 9.88 Å². The zero-order valence-electron chi connectivity index (χ0n) is 12.8. The number of amides is 3. The molecule has 2 aromatic carbocycles. The predicted molar refractivity (Wildman–Crippen MR) is 97.1 cm³/mol. The molecular weight excluding hydrogens is 358 g/mol. The lowest BCUT2D eigenvalue weighted by Crippen LogP contribution is -2.29. The van der Waals surface area contributed by atoms with Gasteiger partial charge in [-0.05, 0) is 30.3 Å². The van der Waals surface area contributed by atoms with Gasteiger partial charge in [-0.1, -0.05) is 23.9 Å². The first-order chi connectivity index (χ1) is 12.0. The number of benzene rings is 2. The Bertz CT molecular complexity index is 1010. The second-order valence-electron chi connectivity index (χ2n) is 5.38. The molecule has 3 amide bonds. The predicted octanol–water partition coefficient (Wildman–Crippen LogP) is 2.67. The van der Waals surface area contributed by atoms with Gasteiger partial charge in [0.15, 0.2) is 4.34 Å². The fourth-order valence-electron chi connectivity index (χ4n) is 2.65. The number of anilines is 1. The SMILES string of the molecule is NC(=O)CSc1nc2ccc(N3C(=O)c4ccccc4C3=O)cc2s1. The minimum absolute atomic E-state index is 0.158. The molecule has 1 aliphatic heterocycles. The molecule has 0 spiro atoms. The summed E-state index contributed by atoms with van der Waals surface area (Å²) >= 11 is 2.66. The number of hydrogen-bond acceptors (Lipinski definition) is 6. The monoisotopic (exact) mass is 369 g/mol. The van der Waals surface area contributed by atoms with Gasteiger partial charge < -0.3 is 5.73 Å². The smallest absolute Gasteiger partial charge is 0.266 e. The van der Waals surface area contributed by atoms with E-state index in [2.05, 4.69) is 4.98 Å². The van der Waals surface area contributed by atoms with Crippen LogP contribution in [-0.4, -0.2) is 28.5 Å². The number of fused-ring (bicyclic) bond motifs is 2. The standard InChI is InChI=1S/C17H11N3O3S2/c18-14(21)8-24-17-19-12-6-5-9(7-13(12)25-17)20-15(22)10-3-1-2-4-11(10)16(20)23/h1-7H,8H2,(H2,18,21). The third kappa shape index (κ3) is 2.69. The van der Waals surface area contributed by atoms with Crippen LogP contribution in [0.3, 0.4) is 0 Å². The van der Waals surface area contributed by atoms with E-state index in [0.717, 1.165) is 10.2 Å². The first kappa shape index (κ1) is 15.8. The van der Waals surface area contributed by atoms with E-state index < -0.39 is 5.91 Å². The molecule has 0 radical (unpaired) electrons. The lowest BCUT2D eigenvalue weighted by molar-refractivity contribution is -0.115. The van der Waals surface area contributed by atoms with Crippen LogP contribution >= 0.6 is 23.1 Å². The highest BCUT2D eigenvalue weighted by atomic mass is 32.2. The van der Waals surface area contributed by atoms with E-state index in [1.807, 2.05) is 0 Å². The quantitative estimate of drug-likeness (QED) is 0.564. The van der Waals surface area contributed by atoms with Crippen molar-refractivity contribution >= 4 is 56.7 Å². The first-order valence-electron chi connectivity index (χ1n) is 7.34. The van der Waals surface area contributed by atoms with Crippen LogP contribution in [0.25, 0.3) is 10.2 Å². The Labute approximate surface area is 150 Å². The molecule has 0 saturated carbocycles. The third-order valence-corrected chi connectivity index (χ3v) is 5.93. The Kier molecular flexibility index (Phi) is 3.78. The molecule has 0 bridgehead atoms. The van der Waals surface area contributed by atoms with Gasteiger partial charge in [0.25, 0.3) is 11.8 Å². The van der Waals surface area contributed by atoms with E-state index >= 15 is 0 Å². The normalized spacial score (nSPS) is 13.5. The largest absolute Gasteiger partial charge is 0.369 e. The van der Waals surface area contributed by atoms with Crippen molar-refractivity contribution in [3.63, 3.8) is 0 Å². The van der Waals surface area contributed by atoms with Crippen molar-refractivity contribution in [1.29, 1.82) is 0 Å². The number of rotatable bonds is 4. The minimum Gasteiger partial charge on any atom is -0.369 e. The van der Waals surface area contributed by atoms with Gasteiger partial charge in [0.2, 0.25) is 5.91 Å². The molecule has 0 atom stereocenters. The van der Waals surface area contributed by atoms with Crippen molar-refractivity contribution in [2.75, 3.05) is 10.7 Å². The average Bonchev–Trinajstić information content (AvgIpc) is 3.12. The number of primary amides is 1. The molecule has 124 valence electrons. The lowest BCUT2D eigenvalue weighted by atomic mass is 10.1. The molecule has 0 unspecified atom stereocenters. The van der Waals surface area contributed by atoms with Crippen LogP contribution in [0.2, 0.25) is 0 Å². The first-order valence-corrected chi connectivity index (χ1v) is 9.14. The molecule has 2 N–H and O–H groups in total. The maximum absolute atomic E-state index is 12.6. The molecule has 4 rings (SSSR count). The summed E-state index contributed by atoms with van der Waals surface area (Å²) in [6.07, 6.45) is 0. The number of nitrogens with zero attached hydrogens (tertiary/aromatic N) is 2. The van der Waals surface area contributed by atoms with Gasteiger partial charge >= 0.3 is 0 Å². The number of aromatic nitrogens is 1. The number of thioether (sulfide) groups is 1. The fourth-order valence-corrected chi connectivity index (χ4v) is 4.49. The third-order valence-electron chi connectivity index (χ3n) is 3.74. The number of hydrogen-bond donors (Lipinski definition) is 1.